The summed E-state index contributed by atoms with van der Waals surface area (Å²) in [4.78, 5) is 42.3. The predicted molar refractivity (Wildman–Crippen MR) is 115 cm³/mol. The van der Waals surface area contributed by atoms with Crippen molar-refractivity contribution in [3.8, 4) is 23.6 Å². The van der Waals surface area contributed by atoms with Crippen molar-refractivity contribution in [3.05, 3.63) is 52.7 Å². The molecule has 1 aromatic carbocycles. The van der Waals surface area contributed by atoms with Gasteiger partial charge < -0.3 is 5.73 Å². The molecule has 166 valence electrons. The van der Waals surface area contributed by atoms with Crippen LogP contribution in [0.5, 0.6) is 0 Å². The summed E-state index contributed by atoms with van der Waals surface area (Å²) >= 11 is 0. The smallest absolute Gasteiger partial charge is 0.221 e. The summed E-state index contributed by atoms with van der Waals surface area (Å²) in [7, 11) is 0. The Hall–Kier alpha value is -3.40. The van der Waals surface area contributed by atoms with Gasteiger partial charge in [0.15, 0.2) is 11.6 Å². The number of pyridine rings is 1. The number of carbonyl (C=O) groups is 3. The van der Waals surface area contributed by atoms with Crippen molar-refractivity contribution in [2.75, 3.05) is 0 Å². The van der Waals surface area contributed by atoms with Crippen LogP contribution < -0.4 is 5.73 Å². The average molecular weight is 438 g/mol. The number of halogens is 2. The van der Waals surface area contributed by atoms with E-state index in [0.717, 1.165) is 6.20 Å². The van der Waals surface area contributed by atoms with E-state index in [4.69, 9.17) is 12.2 Å². The normalized spacial score (nSPS) is 19.7. The molecule has 0 spiro atoms. The first kappa shape index (κ1) is 23.3. The number of Topliss-reactive ketones (excluding diaryl/α,β-unsaturated/α-hetero) is 2. The van der Waals surface area contributed by atoms with Crippen molar-refractivity contribution in [1.82, 2.24) is 4.98 Å². The topological polar surface area (TPSA) is 90.1 Å². The highest BCUT2D eigenvalue weighted by Gasteiger charge is 2.51. The molecule has 2 aromatic rings. The van der Waals surface area contributed by atoms with Gasteiger partial charge in [-0.05, 0) is 35.6 Å². The molecule has 0 radical (unpaired) electrons. The Balaban J connectivity index is 2.10. The van der Waals surface area contributed by atoms with Crippen molar-refractivity contribution < 1.29 is 23.2 Å². The van der Waals surface area contributed by atoms with E-state index >= 15 is 0 Å². The molecule has 1 heterocycles. The van der Waals surface area contributed by atoms with Gasteiger partial charge in [0.25, 0.3) is 0 Å². The van der Waals surface area contributed by atoms with Crippen LogP contribution in [-0.4, -0.2) is 22.5 Å². The zero-order valence-corrected chi connectivity index (χ0v) is 18.3. The number of rotatable bonds is 4. The minimum Gasteiger partial charge on any atom is -0.369 e. The largest absolute Gasteiger partial charge is 0.369 e. The van der Waals surface area contributed by atoms with Gasteiger partial charge in [-0.3, -0.25) is 19.4 Å². The molecule has 0 aliphatic heterocycles. The summed E-state index contributed by atoms with van der Waals surface area (Å²) in [5.74, 6) is -3.35. The molecule has 7 heteroatoms. The van der Waals surface area contributed by atoms with Crippen molar-refractivity contribution in [3.63, 3.8) is 0 Å². The number of amides is 1. The first-order valence-corrected chi connectivity index (χ1v) is 10.1. The maximum Gasteiger partial charge on any atom is 0.221 e. The molecule has 5 nitrogen and oxygen atoms in total. The molecule has 1 aliphatic rings. The van der Waals surface area contributed by atoms with Crippen LogP contribution in [0, 0.1) is 48.2 Å². The van der Waals surface area contributed by atoms with E-state index in [-0.39, 0.29) is 23.5 Å². The van der Waals surface area contributed by atoms with E-state index in [1.54, 1.807) is 33.8 Å². The fourth-order valence-electron chi connectivity index (χ4n) is 4.69. The van der Waals surface area contributed by atoms with Gasteiger partial charge >= 0.3 is 0 Å². The Bertz CT molecular complexity index is 1170. The van der Waals surface area contributed by atoms with Gasteiger partial charge in [0, 0.05) is 29.5 Å². The monoisotopic (exact) mass is 438 g/mol. The molecule has 2 N–H and O–H groups in total. The van der Waals surface area contributed by atoms with Crippen LogP contribution in [0.15, 0.2) is 24.4 Å². The van der Waals surface area contributed by atoms with Crippen molar-refractivity contribution in [1.29, 1.82) is 0 Å². The second-order valence-corrected chi connectivity index (χ2v) is 9.24. The van der Waals surface area contributed by atoms with Crippen molar-refractivity contribution in [2.24, 2.45) is 23.0 Å². The number of nitrogens with zero attached hydrogens (tertiary/aromatic N) is 1. The number of primary amides is 1. The minimum absolute atomic E-state index is 0.0963. The van der Waals surface area contributed by atoms with Gasteiger partial charge in [0.05, 0.1) is 12.1 Å². The Labute approximate surface area is 185 Å². The molecule has 1 amide bonds. The van der Waals surface area contributed by atoms with Gasteiger partial charge in [-0.15, -0.1) is 6.42 Å². The van der Waals surface area contributed by atoms with Crippen molar-refractivity contribution >= 4 is 17.5 Å². The Morgan fingerprint density at radius 2 is 1.91 bits per heavy atom. The molecule has 3 rings (SSSR count). The molecule has 1 fully saturated rings. The van der Waals surface area contributed by atoms with Crippen LogP contribution in [0.2, 0.25) is 0 Å². The van der Waals surface area contributed by atoms with Gasteiger partial charge in [-0.25, -0.2) is 8.78 Å². The second-order valence-electron chi connectivity index (χ2n) is 9.24. The SMILES string of the molecule is C#Cc1cc(-c2ncc(F)cc2F)cc(C)c1C1C(=O)CC(C(C(N)=O)C(C)(C)C)C1=O. The highest BCUT2D eigenvalue weighted by atomic mass is 19.1. The Kier molecular flexibility index (Phi) is 6.01. The minimum atomic E-state index is -1.13. The van der Waals surface area contributed by atoms with Crippen LogP contribution >= 0.6 is 0 Å². The summed E-state index contributed by atoms with van der Waals surface area (Å²) in [5.41, 5.74) is 6.28. The maximum absolute atomic E-state index is 14.3. The highest BCUT2D eigenvalue weighted by Crippen LogP contribution is 2.44. The number of hydrogen-bond acceptors (Lipinski definition) is 4. The fourth-order valence-corrected chi connectivity index (χ4v) is 4.69. The van der Waals surface area contributed by atoms with E-state index in [1.165, 1.54) is 6.07 Å². The molecule has 1 saturated carbocycles. The summed E-state index contributed by atoms with van der Waals surface area (Å²) in [5, 5.41) is 0. The molecule has 1 aliphatic carbocycles. The highest BCUT2D eigenvalue weighted by molar-refractivity contribution is 6.16. The van der Waals surface area contributed by atoms with E-state index in [0.29, 0.717) is 22.8 Å². The second kappa shape index (κ2) is 8.27. The van der Waals surface area contributed by atoms with Crippen LogP contribution in [0.25, 0.3) is 11.3 Å². The van der Waals surface area contributed by atoms with E-state index in [1.807, 2.05) is 0 Å². The molecule has 32 heavy (non-hydrogen) atoms. The Morgan fingerprint density at radius 3 is 2.44 bits per heavy atom. The Morgan fingerprint density at radius 1 is 1.25 bits per heavy atom. The third kappa shape index (κ3) is 4.05. The lowest BCUT2D eigenvalue weighted by Crippen LogP contribution is -2.41. The molecule has 3 atom stereocenters. The van der Waals surface area contributed by atoms with Crippen molar-refractivity contribution in [2.45, 2.75) is 40.0 Å². The molecule has 3 unspecified atom stereocenters. The summed E-state index contributed by atoms with van der Waals surface area (Å²) < 4.78 is 27.5. The number of nitrogens with two attached hydrogens (primary N) is 1. The number of hydrogen-bond donors (Lipinski definition) is 1. The summed E-state index contributed by atoms with van der Waals surface area (Å²) in [6.45, 7) is 7.05. The number of aromatic nitrogens is 1. The third-order valence-electron chi connectivity index (χ3n) is 5.95. The molecule has 0 bridgehead atoms. The quantitative estimate of drug-likeness (QED) is 0.582. The molecule has 1 aromatic heterocycles. The van der Waals surface area contributed by atoms with Crippen LogP contribution in [0.4, 0.5) is 8.78 Å². The third-order valence-corrected chi connectivity index (χ3v) is 5.95. The van der Waals surface area contributed by atoms with Crippen LogP contribution in [-0.2, 0) is 14.4 Å². The first-order chi connectivity index (χ1) is 14.9. The average Bonchev–Trinajstić information content (AvgIpc) is 2.93. The summed E-state index contributed by atoms with van der Waals surface area (Å²) in [6, 6.07) is 3.73. The fraction of sp³-hybridized carbons (Fsp3) is 0.360. The van der Waals surface area contributed by atoms with E-state index in [2.05, 4.69) is 10.9 Å². The zero-order valence-electron chi connectivity index (χ0n) is 18.3. The van der Waals surface area contributed by atoms with E-state index in [9.17, 15) is 23.2 Å². The number of benzene rings is 1. The van der Waals surface area contributed by atoms with Gasteiger partial charge in [-0.2, -0.15) is 0 Å². The molecular weight excluding hydrogens is 414 g/mol. The number of carbonyl (C=O) groups excluding carboxylic acids is 3. The maximum atomic E-state index is 14.3. The lowest BCUT2D eigenvalue weighted by Gasteiger charge is -2.31. The van der Waals surface area contributed by atoms with Gasteiger partial charge in [-0.1, -0.05) is 26.7 Å². The predicted octanol–water partition coefficient (Wildman–Crippen LogP) is 3.71. The van der Waals surface area contributed by atoms with E-state index < -0.39 is 46.5 Å². The number of terminal acetylenes is 1. The lowest BCUT2D eigenvalue weighted by atomic mass is 9.71. The van der Waals surface area contributed by atoms with Crippen LogP contribution in [0.3, 0.4) is 0 Å². The van der Waals surface area contributed by atoms with Gasteiger partial charge in [0.1, 0.15) is 23.2 Å². The summed E-state index contributed by atoms with van der Waals surface area (Å²) in [6.07, 6.45) is 6.47. The van der Waals surface area contributed by atoms with Gasteiger partial charge in [0.2, 0.25) is 5.91 Å². The number of ketones is 2. The zero-order chi connectivity index (χ0) is 24.0. The molecular formula is C25H24F2N2O3. The first-order valence-electron chi connectivity index (χ1n) is 10.1. The van der Waals surface area contributed by atoms with Crippen LogP contribution in [0.1, 0.15) is 49.8 Å². The standard InChI is InChI=1S/C25H24F2N2O3/c1-6-13-8-14(22-17(27)9-15(26)11-29-22)7-12(2)19(13)20-18(30)10-16(23(20)31)21(24(28)32)25(3,4)5/h1,7-9,11,16,20-21H,10H2,2-5H3,(H2,28,32). The number of aryl methyl sites for hydroxylation is 1. The lowest BCUT2D eigenvalue weighted by molar-refractivity contribution is -0.134. The molecule has 0 saturated heterocycles.